The Morgan fingerprint density at radius 3 is 2.80 bits per heavy atom. The van der Waals surface area contributed by atoms with Crippen molar-refractivity contribution in [1.29, 1.82) is 0 Å². The zero-order valence-corrected chi connectivity index (χ0v) is 11.3. The Morgan fingerprint density at radius 2 is 2.00 bits per heavy atom. The Labute approximate surface area is 118 Å². The maximum atomic E-state index is 13.0. The second kappa shape index (κ2) is 7.34. The van der Waals surface area contributed by atoms with Crippen LogP contribution in [0.5, 0.6) is 5.75 Å². The van der Waals surface area contributed by atoms with Crippen LogP contribution in [-0.2, 0) is 6.42 Å². The van der Waals surface area contributed by atoms with Crippen molar-refractivity contribution in [3.05, 3.63) is 72.6 Å². The van der Waals surface area contributed by atoms with E-state index in [0.29, 0.717) is 13.2 Å². The second-order valence-electron chi connectivity index (χ2n) is 4.39. The molecule has 0 saturated heterocycles. The van der Waals surface area contributed by atoms with Crippen molar-refractivity contribution in [3.8, 4) is 5.75 Å². The first-order valence-electron chi connectivity index (χ1n) is 6.60. The van der Waals surface area contributed by atoms with Crippen LogP contribution in [-0.4, -0.2) is 13.2 Å². The molecule has 0 bridgehead atoms. The summed E-state index contributed by atoms with van der Waals surface area (Å²) in [6, 6.07) is 14.3. The third-order valence-corrected chi connectivity index (χ3v) is 2.85. The normalized spacial score (nSPS) is 10.1. The standard InChI is InChI=1S/C17H18FNO/c1-2-6-14-7-3-4-10-17(14)20-12-11-19-16-9-5-8-15(18)13-16/h2-5,7-10,13,19H,1,6,11-12H2. The number of nitrogens with one attached hydrogen (secondary N) is 1. The molecule has 0 amide bonds. The molecule has 0 aliphatic rings. The van der Waals surface area contributed by atoms with Crippen LogP contribution in [0.1, 0.15) is 5.56 Å². The van der Waals surface area contributed by atoms with Gasteiger partial charge in [-0.3, -0.25) is 0 Å². The Balaban J connectivity index is 1.83. The molecule has 3 heteroatoms. The van der Waals surface area contributed by atoms with E-state index < -0.39 is 0 Å². The van der Waals surface area contributed by atoms with E-state index >= 15 is 0 Å². The minimum Gasteiger partial charge on any atom is -0.491 e. The van der Waals surface area contributed by atoms with Gasteiger partial charge in [0.15, 0.2) is 0 Å². The predicted octanol–water partition coefficient (Wildman–Crippen LogP) is 4.05. The zero-order valence-electron chi connectivity index (χ0n) is 11.3. The molecule has 0 aromatic heterocycles. The van der Waals surface area contributed by atoms with E-state index in [2.05, 4.69) is 11.9 Å². The van der Waals surface area contributed by atoms with Crippen molar-refractivity contribution in [2.75, 3.05) is 18.5 Å². The average Bonchev–Trinajstić information content (AvgIpc) is 2.46. The lowest BCUT2D eigenvalue weighted by molar-refractivity contribution is 0.330. The summed E-state index contributed by atoms with van der Waals surface area (Å²) in [5, 5.41) is 3.12. The van der Waals surface area contributed by atoms with Crippen LogP contribution in [0, 0.1) is 5.82 Å². The number of para-hydroxylation sites is 1. The van der Waals surface area contributed by atoms with E-state index in [9.17, 15) is 4.39 Å². The molecule has 2 aromatic rings. The molecule has 0 aliphatic heterocycles. The molecule has 20 heavy (non-hydrogen) atoms. The van der Waals surface area contributed by atoms with Crippen LogP contribution < -0.4 is 10.1 Å². The number of rotatable bonds is 7. The smallest absolute Gasteiger partial charge is 0.125 e. The summed E-state index contributed by atoms with van der Waals surface area (Å²) >= 11 is 0. The van der Waals surface area contributed by atoms with Crippen molar-refractivity contribution >= 4 is 5.69 Å². The Bertz CT molecular complexity index is 568. The third kappa shape index (κ3) is 4.12. The lowest BCUT2D eigenvalue weighted by Gasteiger charge is -2.11. The molecular formula is C17H18FNO. The summed E-state index contributed by atoms with van der Waals surface area (Å²) in [5.41, 5.74) is 1.88. The van der Waals surface area contributed by atoms with E-state index in [1.807, 2.05) is 36.4 Å². The number of benzene rings is 2. The summed E-state index contributed by atoms with van der Waals surface area (Å²) < 4.78 is 18.7. The molecule has 0 aliphatic carbocycles. The van der Waals surface area contributed by atoms with Crippen molar-refractivity contribution in [2.45, 2.75) is 6.42 Å². The van der Waals surface area contributed by atoms with Gasteiger partial charge in [-0.1, -0.05) is 30.3 Å². The van der Waals surface area contributed by atoms with Gasteiger partial charge in [-0.15, -0.1) is 6.58 Å². The van der Waals surface area contributed by atoms with Gasteiger partial charge in [0.05, 0.1) is 0 Å². The fourth-order valence-corrected chi connectivity index (χ4v) is 1.92. The Morgan fingerprint density at radius 1 is 1.15 bits per heavy atom. The molecule has 104 valence electrons. The molecule has 2 rings (SSSR count). The molecule has 2 aromatic carbocycles. The largest absolute Gasteiger partial charge is 0.491 e. The van der Waals surface area contributed by atoms with Gasteiger partial charge in [0.25, 0.3) is 0 Å². The highest BCUT2D eigenvalue weighted by atomic mass is 19.1. The first kappa shape index (κ1) is 14.1. The number of anilines is 1. The van der Waals surface area contributed by atoms with Crippen LogP contribution >= 0.6 is 0 Å². The molecule has 0 radical (unpaired) electrons. The van der Waals surface area contributed by atoms with Gasteiger partial charge >= 0.3 is 0 Å². The second-order valence-corrected chi connectivity index (χ2v) is 4.39. The number of hydrogen-bond acceptors (Lipinski definition) is 2. The molecule has 1 N–H and O–H groups in total. The van der Waals surface area contributed by atoms with Crippen LogP contribution in [0.25, 0.3) is 0 Å². The van der Waals surface area contributed by atoms with E-state index in [1.165, 1.54) is 12.1 Å². The highest BCUT2D eigenvalue weighted by Gasteiger charge is 2.01. The first-order chi connectivity index (χ1) is 9.79. The third-order valence-electron chi connectivity index (χ3n) is 2.85. The molecule has 2 nitrogen and oxygen atoms in total. The number of ether oxygens (including phenoxy) is 1. The Kier molecular flexibility index (Phi) is 5.18. The summed E-state index contributed by atoms with van der Waals surface area (Å²) in [5.74, 6) is 0.626. The Hall–Kier alpha value is -2.29. The van der Waals surface area contributed by atoms with Gasteiger partial charge in [-0.25, -0.2) is 4.39 Å². The minimum absolute atomic E-state index is 0.243. The SMILES string of the molecule is C=CCc1ccccc1OCCNc1cccc(F)c1. The van der Waals surface area contributed by atoms with E-state index in [1.54, 1.807) is 6.07 Å². The lowest BCUT2D eigenvalue weighted by Crippen LogP contribution is -2.12. The van der Waals surface area contributed by atoms with Crippen molar-refractivity contribution in [2.24, 2.45) is 0 Å². The van der Waals surface area contributed by atoms with Crippen molar-refractivity contribution < 1.29 is 9.13 Å². The number of allylic oxidation sites excluding steroid dienone is 1. The zero-order chi connectivity index (χ0) is 14.2. The first-order valence-corrected chi connectivity index (χ1v) is 6.60. The van der Waals surface area contributed by atoms with Crippen molar-refractivity contribution in [1.82, 2.24) is 0 Å². The van der Waals surface area contributed by atoms with Crippen LogP contribution in [0.15, 0.2) is 61.2 Å². The molecule has 0 heterocycles. The predicted molar refractivity (Wildman–Crippen MR) is 80.7 cm³/mol. The van der Waals surface area contributed by atoms with Gasteiger partial charge in [-0.2, -0.15) is 0 Å². The van der Waals surface area contributed by atoms with E-state index in [0.717, 1.165) is 23.4 Å². The summed E-state index contributed by atoms with van der Waals surface area (Å²) in [7, 11) is 0. The van der Waals surface area contributed by atoms with Crippen LogP contribution in [0.3, 0.4) is 0 Å². The maximum Gasteiger partial charge on any atom is 0.125 e. The van der Waals surface area contributed by atoms with Gasteiger partial charge in [0.1, 0.15) is 18.2 Å². The summed E-state index contributed by atoms with van der Waals surface area (Å²) in [6.07, 6.45) is 2.64. The maximum absolute atomic E-state index is 13.0. The quantitative estimate of drug-likeness (QED) is 0.606. The lowest BCUT2D eigenvalue weighted by atomic mass is 10.1. The number of halogens is 1. The molecule has 0 fully saturated rings. The highest BCUT2D eigenvalue weighted by molar-refractivity contribution is 5.43. The minimum atomic E-state index is -0.243. The summed E-state index contributed by atoms with van der Waals surface area (Å²) in [6.45, 7) is 4.87. The highest BCUT2D eigenvalue weighted by Crippen LogP contribution is 2.18. The van der Waals surface area contributed by atoms with Crippen molar-refractivity contribution in [3.63, 3.8) is 0 Å². The van der Waals surface area contributed by atoms with Gasteiger partial charge < -0.3 is 10.1 Å². The molecule has 0 saturated carbocycles. The fourth-order valence-electron chi connectivity index (χ4n) is 1.92. The number of hydrogen-bond donors (Lipinski definition) is 1. The van der Waals surface area contributed by atoms with E-state index in [-0.39, 0.29) is 5.82 Å². The van der Waals surface area contributed by atoms with Gasteiger partial charge in [-0.05, 0) is 36.2 Å². The average molecular weight is 271 g/mol. The van der Waals surface area contributed by atoms with Crippen LogP contribution in [0.2, 0.25) is 0 Å². The molecule has 0 spiro atoms. The molecule has 0 atom stereocenters. The molecular weight excluding hydrogens is 253 g/mol. The fraction of sp³-hybridized carbons (Fsp3) is 0.176. The van der Waals surface area contributed by atoms with E-state index in [4.69, 9.17) is 4.74 Å². The van der Waals surface area contributed by atoms with Gasteiger partial charge in [0.2, 0.25) is 0 Å². The molecule has 0 unspecified atom stereocenters. The van der Waals surface area contributed by atoms with Crippen LogP contribution in [0.4, 0.5) is 10.1 Å². The topological polar surface area (TPSA) is 21.3 Å². The van der Waals surface area contributed by atoms with Gasteiger partial charge in [0, 0.05) is 12.2 Å². The summed E-state index contributed by atoms with van der Waals surface area (Å²) in [4.78, 5) is 0. The monoisotopic (exact) mass is 271 g/mol.